The van der Waals surface area contributed by atoms with Crippen LogP contribution in [-0.2, 0) is 7.05 Å². The molecule has 0 aliphatic carbocycles. The highest BCUT2D eigenvalue weighted by atomic mass is 79.9. The molecule has 2 heterocycles. The molecular formula is C11H9BrN4O4S. The Hall–Kier alpha value is -2.20. The minimum atomic E-state index is -0.616. The summed E-state index contributed by atoms with van der Waals surface area (Å²) in [6.45, 7) is 0. The Morgan fingerprint density at radius 3 is 2.52 bits per heavy atom. The van der Waals surface area contributed by atoms with Crippen molar-refractivity contribution >= 4 is 44.1 Å². The van der Waals surface area contributed by atoms with E-state index in [0.717, 1.165) is 15.8 Å². The van der Waals surface area contributed by atoms with Gasteiger partial charge in [0, 0.05) is 23.8 Å². The van der Waals surface area contributed by atoms with Crippen molar-refractivity contribution in [1.29, 1.82) is 0 Å². The fourth-order valence-corrected chi connectivity index (χ4v) is 2.78. The summed E-state index contributed by atoms with van der Waals surface area (Å²) in [5.41, 5.74) is 4.80. The third-order valence-corrected chi connectivity index (χ3v) is 3.96. The summed E-state index contributed by atoms with van der Waals surface area (Å²) in [6, 6.07) is 4.15. The van der Waals surface area contributed by atoms with E-state index in [-0.39, 0.29) is 9.88 Å². The molecule has 2 aromatic rings. The minimum absolute atomic E-state index is 0.134. The van der Waals surface area contributed by atoms with Gasteiger partial charge in [-0.1, -0.05) is 11.3 Å². The molecular weight excluding hydrogens is 364 g/mol. The lowest BCUT2D eigenvalue weighted by atomic mass is 10.4. The minimum Gasteiger partial charge on any atom is -0.345 e. The molecule has 0 saturated heterocycles. The number of thiophene rings is 1. The van der Waals surface area contributed by atoms with E-state index in [2.05, 4.69) is 26.8 Å². The number of amides is 2. The predicted octanol–water partition coefficient (Wildman–Crippen LogP) is 1.83. The number of hydrogen-bond donors (Lipinski definition) is 2. The van der Waals surface area contributed by atoms with E-state index in [4.69, 9.17) is 0 Å². The van der Waals surface area contributed by atoms with Gasteiger partial charge in [0.15, 0.2) is 0 Å². The standard InChI is InChI=1S/C11H9BrN4O4S/c1-15-5-6(12)4-7(15)10(17)13-14-11(18)8-2-3-9(21-8)16(19)20/h2-5H,1H3,(H,13,17)(H,14,18). The van der Waals surface area contributed by atoms with Crippen molar-refractivity contribution < 1.29 is 14.5 Å². The molecule has 0 aliphatic heterocycles. The molecule has 0 bridgehead atoms. The van der Waals surface area contributed by atoms with E-state index in [1.165, 1.54) is 12.1 Å². The Bertz CT molecular complexity index is 724. The van der Waals surface area contributed by atoms with Crippen LogP contribution in [-0.4, -0.2) is 21.3 Å². The Balaban J connectivity index is 1.99. The van der Waals surface area contributed by atoms with Gasteiger partial charge in [0.2, 0.25) is 0 Å². The normalized spacial score (nSPS) is 10.2. The van der Waals surface area contributed by atoms with Gasteiger partial charge in [-0.15, -0.1) is 0 Å². The maximum atomic E-state index is 11.9. The number of hydrazine groups is 1. The zero-order valence-corrected chi connectivity index (χ0v) is 13.0. The van der Waals surface area contributed by atoms with Crippen molar-refractivity contribution in [2.24, 2.45) is 7.05 Å². The summed E-state index contributed by atoms with van der Waals surface area (Å²) < 4.78 is 2.32. The van der Waals surface area contributed by atoms with E-state index in [1.54, 1.807) is 23.9 Å². The number of nitrogens with one attached hydrogen (secondary N) is 2. The third-order valence-electron chi connectivity index (χ3n) is 2.49. The van der Waals surface area contributed by atoms with Gasteiger partial charge in [-0.3, -0.25) is 30.6 Å². The van der Waals surface area contributed by atoms with Crippen LogP contribution in [0.5, 0.6) is 0 Å². The number of aryl methyl sites for hydroxylation is 1. The Morgan fingerprint density at radius 1 is 1.33 bits per heavy atom. The Labute approximate surface area is 131 Å². The number of hydrogen-bond acceptors (Lipinski definition) is 5. The number of nitrogens with zero attached hydrogens (tertiary/aromatic N) is 2. The first-order chi connectivity index (χ1) is 9.88. The molecule has 110 valence electrons. The number of nitro groups is 1. The molecule has 10 heteroatoms. The van der Waals surface area contributed by atoms with Gasteiger partial charge in [0.25, 0.3) is 11.8 Å². The van der Waals surface area contributed by atoms with Crippen molar-refractivity contribution in [3.63, 3.8) is 0 Å². The van der Waals surface area contributed by atoms with Crippen LogP contribution in [0.1, 0.15) is 20.2 Å². The molecule has 0 aliphatic rings. The van der Waals surface area contributed by atoms with E-state index in [1.807, 2.05) is 0 Å². The SMILES string of the molecule is Cn1cc(Br)cc1C(=O)NNC(=O)c1ccc([N+](=O)[O-])s1. The van der Waals surface area contributed by atoms with Gasteiger partial charge in [-0.05, 0) is 28.1 Å². The average molecular weight is 373 g/mol. The van der Waals surface area contributed by atoms with Crippen molar-refractivity contribution in [3.8, 4) is 0 Å². The van der Waals surface area contributed by atoms with Crippen LogP contribution in [0.4, 0.5) is 5.00 Å². The molecule has 0 aromatic carbocycles. The van der Waals surface area contributed by atoms with Gasteiger partial charge in [-0.25, -0.2) is 0 Å². The number of aromatic nitrogens is 1. The lowest BCUT2D eigenvalue weighted by Gasteiger charge is -2.06. The number of rotatable bonds is 3. The maximum absolute atomic E-state index is 11.9. The number of halogens is 1. The monoisotopic (exact) mass is 372 g/mol. The van der Waals surface area contributed by atoms with Gasteiger partial charge in [0.05, 0.1) is 4.92 Å². The highest BCUT2D eigenvalue weighted by Gasteiger charge is 2.17. The average Bonchev–Trinajstić information content (AvgIpc) is 3.02. The van der Waals surface area contributed by atoms with Crippen LogP contribution >= 0.6 is 27.3 Å². The quantitative estimate of drug-likeness (QED) is 0.632. The summed E-state index contributed by atoms with van der Waals surface area (Å²) in [6.07, 6.45) is 1.69. The zero-order valence-electron chi connectivity index (χ0n) is 10.6. The fourth-order valence-electron chi connectivity index (χ4n) is 1.54. The van der Waals surface area contributed by atoms with Gasteiger partial charge in [-0.2, -0.15) is 0 Å². The molecule has 0 unspecified atom stereocenters. The molecule has 0 spiro atoms. The van der Waals surface area contributed by atoms with Crippen LogP contribution in [0.2, 0.25) is 0 Å². The summed E-state index contributed by atoms with van der Waals surface area (Å²) in [5.74, 6) is -1.11. The summed E-state index contributed by atoms with van der Waals surface area (Å²) in [7, 11) is 1.68. The molecule has 0 fully saturated rings. The van der Waals surface area contributed by atoms with Crippen molar-refractivity contribution in [2.45, 2.75) is 0 Å². The summed E-state index contributed by atoms with van der Waals surface area (Å²) in [5, 5.41) is 10.4. The van der Waals surface area contributed by atoms with Crippen molar-refractivity contribution in [1.82, 2.24) is 15.4 Å². The Morgan fingerprint density at radius 2 is 2.00 bits per heavy atom. The van der Waals surface area contributed by atoms with Crippen LogP contribution in [0, 0.1) is 10.1 Å². The van der Waals surface area contributed by atoms with Gasteiger partial charge in [0.1, 0.15) is 10.6 Å². The molecule has 2 aromatic heterocycles. The first kappa shape index (κ1) is 15.2. The van der Waals surface area contributed by atoms with Crippen LogP contribution < -0.4 is 10.9 Å². The third kappa shape index (κ3) is 3.47. The number of carbonyl (C=O) groups excluding carboxylic acids is 2. The van der Waals surface area contributed by atoms with E-state index in [0.29, 0.717) is 5.69 Å². The highest BCUT2D eigenvalue weighted by Crippen LogP contribution is 2.23. The van der Waals surface area contributed by atoms with Crippen molar-refractivity contribution in [3.05, 3.63) is 49.6 Å². The summed E-state index contributed by atoms with van der Waals surface area (Å²) >= 11 is 3.96. The summed E-state index contributed by atoms with van der Waals surface area (Å²) in [4.78, 5) is 33.7. The Kier molecular flexibility index (Phi) is 4.38. The van der Waals surface area contributed by atoms with Crippen LogP contribution in [0.15, 0.2) is 28.9 Å². The van der Waals surface area contributed by atoms with Gasteiger partial charge >= 0.3 is 5.00 Å². The lowest BCUT2D eigenvalue weighted by molar-refractivity contribution is -0.380. The highest BCUT2D eigenvalue weighted by molar-refractivity contribution is 9.10. The fraction of sp³-hybridized carbons (Fsp3) is 0.0909. The van der Waals surface area contributed by atoms with Gasteiger partial charge < -0.3 is 4.57 Å². The largest absolute Gasteiger partial charge is 0.345 e. The van der Waals surface area contributed by atoms with Crippen molar-refractivity contribution in [2.75, 3.05) is 0 Å². The molecule has 2 N–H and O–H groups in total. The molecule has 0 radical (unpaired) electrons. The first-order valence-electron chi connectivity index (χ1n) is 5.55. The van der Waals surface area contributed by atoms with Crippen LogP contribution in [0.25, 0.3) is 0 Å². The molecule has 0 atom stereocenters. The molecule has 0 saturated carbocycles. The van der Waals surface area contributed by atoms with Crippen LogP contribution in [0.3, 0.4) is 0 Å². The lowest BCUT2D eigenvalue weighted by Crippen LogP contribution is -2.41. The second kappa shape index (κ2) is 6.06. The maximum Gasteiger partial charge on any atom is 0.324 e. The molecule has 8 nitrogen and oxygen atoms in total. The first-order valence-corrected chi connectivity index (χ1v) is 7.16. The zero-order chi connectivity index (χ0) is 15.6. The molecule has 21 heavy (non-hydrogen) atoms. The molecule has 2 amide bonds. The smallest absolute Gasteiger partial charge is 0.324 e. The van der Waals surface area contributed by atoms with E-state index in [9.17, 15) is 19.7 Å². The second-order valence-corrected chi connectivity index (χ2v) is 5.94. The predicted molar refractivity (Wildman–Crippen MR) is 79.0 cm³/mol. The topological polar surface area (TPSA) is 106 Å². The van der Waals surface area contributed by atoms with E-state index < -0.39 is 16.7 Å². The molecule has 2 rings (SSSR count). The number of carbonyl (C=O) groups is 2. The van der Waals surface area contributed by atoms with E-state index >= 15 is 0 Å². The second-order valence-electron chi connectivity index (χ2n) is 3.96.